The summed E-state index contributed by atoms with van der Waals surface area (Å²) in [7, 11) is 0. The molecule has 1 nitrogen and oxygen atoms in total. The Bertz CT molecular complexity index is 281. The van der Waals surface area contributed by atoms with Gasteiger partial charge in [0.1, 0.15) is 0 Å². The number of hydrogen-bond donors (Lipinski definition) is 0. The molecule has 0 fully saturated rings. The maximum Gasteiger partial charge on any atom is 0.0366 e. The highest BCUT2D eigenvalue weighted by Gasteiger charge is 2.04. The second-order valence-electron chi connectivity index (χ2n) is 5.09. The van der Waals surface area contributed by atoms with E-state index in [1.807, 2.05) is 0 Å². The normalized spacial score (nSPS) is 10.6. The topological polar surface area (TPSA) is 3.24 Å². The van der Waals surface area contributed by atoms with Gasteiger partial charge in [0.25, 0.3) is 0 Å². The lowest BCUT2D eigenvalue weighted by Crippen LogP contribution is -2.25. The zero-order valence-corrected chi connectivity index (χ0v) is 12.2. The Morgan fingerprint density at radius 3 is 2.00 bits per heavy atom. The molecule has 0 aliphatic carbocycles. The smallest absolute Gasteiger partial charge is 0.0366 e. The molecule has 1 aromatic carbocycles. The van der Waals surface area contributed by atoms with Crippen LogP contribution in [0.4, 0.5) is 5.69 Å². The lowest BCUT2D eigenvalue weighted by molar-refractivity contribution is 0.610. The fourth-order valence-corrected chi connectivity index (χ4v) is 2.26. The monoisotopic (exact) mass is 247 g/mol. The molecule has 0 saturated heterocycles. The van der Waals surface area contributed by atoms with Gasteiger partial charge in [0.2, 0.25) is 0 Å². The Balaban J connectivity index is 2.36. The molecule has 0 atom stereocenters. The SMILES string of the molecule is CCCCCCCN(CCCC)c1ccccc1. The van der Waals surface area contributed by atoms with Gasteiger partial charge in [0.15, 0.2) is 0 Å². The summed E-state index contributed by atoms with van der Waals surface area (Å²) in [5, 5.41) is 0. The van der Waals surface area contributed by atoms with Crippen LogP contribution in [-0.4, -0.2) is 13.1 Å². The average Bonchev–Trinajstić information content (AvgIpc) is 2.43. The minimum absolute atomic E-state index is 1.20. The van der Waals surface area contributed by atoms with Crippen molar-refractivity contribution >= 4 is 5.69 Å². The largest absolute Gasteiger partial charge is 0.372 e. The van der Waals surface area contributed by atoms with Crippen LogP contribution in [-0.2, 0) is 0 Å². The van der Waals surface area contributed by atoms with E-state index < -0.39 is 0 Å². The molecule has 1 heteroatoms. The van der Waals surface area contributed by atoms with Crippen molar-refractivity contribution in [3.05, 3.63) is 30.3 Å². The van der Waals surface area contributed by atoms with E-state index in [0.29, 0.717) is 0 Å². The molecular formula is C17H29N. The zero-order valence-electron chi connectivity index (χ0n) is 12.2. The summed E-state index contributed by atoms with van der Waals surface area (Å²) in [6, 6.07) is 10.9. The molecule has 102 valence electrons. The highest BCUT2D eigenvalue weighted by Crippen LogP contribution is 2.15. The molecule has 0 aromatic heterocycles. The molecule has 0 unspecified atom stereocenters. The predicted octanol–water partition coefficient (Wildman–Crippen LogP) is 5.26. The summed E-state index contributed by atoms with van der Waals surface area (Å²) in [6.45, 7) is 6.96. The lowest BCUT2D eigenvalue weighted by Gasteiger charge is -2.24. The van der Waals surface area contributed by atoms with Gasteiger partial charge in [-0.25, -0.2) is 0 Å². The molecular weight excluding hydrogens is 218 g/mol. The number of para-hydroxylation sites is 1. The van der Waals surface area contributed by atoms with Crippen LogP contribution < -0.4 is 4.90 Å². The van der Waals surface area contributed by atoms with Gasteiger partial charge in [0, 0.05) is 18.8 Å². The first-order valence-electron chi connectivity index (χ1n) is 7.68. The second kappa shape index (κ2) is 9.99. The number of unbranched alkanes of at least 4 members (excludes halogenated alkanes) is 5. The molecule has 1 rings (SSSR count). The molecule has 0 N–H and O–H groups in total. The molecule has 0 saturated carbocycles. The quantitative estimate of drug-likeness (QED) is 0.509. The summed E-state index contributed by atoms with van der Waals surface area (Å²) < 4.78 is 0. The summed E-state index contributed by atoms with van der Waals surface area (Å²) in [5.74, 6) is 0. The van der Waals surface area contributed by atoms with E-state index in [-0.39, 0.29) is 0 Å². The molecule has 0 bridgehead atoms. The Labute approximate surface area is 113 Å². The number of hydrogen-bond acceptors (Lipinski definition) is 1. The Hall–Kier alpha value is -0.980. The fraction of sp³-hybridized carbons (Fsp3) is 0.647. The molecule has 0 radical (unpaired) electrons. The van der Waals surface area contributed by atoms with E-state index in [2.05, 4.69) is 49.1 Å². The molecule has 0 aliphatic rings. The molecule has 0 spiro atoms. The van der Waals surface area contributed by atoms with Crippen molar-refractivity contribution in [3.63, 3.8) is 0 Å². The van der Waals surface area contributed by atoms with E-state index in [1.165, 1.54) is 63.7 Å². The van der Waals surface area contributed by atoms with Gasteiger partial charge in [-0.2, -0.15) is 0 Å². The van der Waals surface area contributed by atoms with Crippen LogP contribution in [0.2, 0.25) is 0 Å². The first-order chi connectivity index (χ1) is 8.88. The van der Waals surface area contributed by atoms with Crippen LogP contribution in [0, 0.1) is 0 Å². The predicted molar refractivity (Wildman–Crippen MR) is 82.3 cm³/mol. The van der Waals surface area contributed by atoms with Crippen LogP contribution in [0.5, 0.6) is 0 Å². The third kappa shape index (κ3) is 6.09. The van der Waals surface area contributed by atoms with Gasteiger partial charge in [-0.3, -0.25) is 0 Å². The van der Waals surface area contributed by atoms with Crippen LogP contribution in [0.3, 0.4) is 0 Å². The van der Waals surface area contributed by atoms with E-state index in [4.69, 9.17) is 0 Å². The number of anilines is 1. The minimum Gasteiger partial charge on any atom is -0.372 e. The maximum absolute atomic E-state index is 2.55. The van der Waals surface area contributed by atoms with Crippen molar-refractivity contribution in [2.24, 2.45) is 0 Å². The number of nitrogens with zero attached hydrogens (tertiary/aromatic N) is 1. The minimum atomic E-state index is 1.20. The number of benzene rings is 1. The molecule has 0 amide bonds. The Kier molecular flexibility index (Phi) is 8.37. The van der Waals surface area contributed by atoms with Crippen molar-refractivity contribution in [2.75, 3.05) is 18.0 Å². The first-order valence-corrected chi connectivity index (χ1v) is 7.68. The summed E-state index contributed by atoms with van der Waals surface area (Å²) in [4.78, 5) is 2.55. The van der Waals surface area contributed by atoms with Gasteiger partial charge in [-0.15, -0.1) is 0 Å². The van der Waals surface area contributed by atoms with Crippen LogP contribution >= 0.6 is 0 Å². The number of rotatable bonds is 10. The molecule has 0 aliphatic heterocycles. The summed E-state index contributed by atoms with van der Waals surface area (Å²) in [6.07, 6.45) is 9.40. The van der Waals surface area contributed by atoms with Crippen LogP contribution in [0.25, 0.3) is 0 Å². The summed E-state index contributed by atoms with van der Waals surface area (Å²) in [5.41, 5.74) is 1.39. The Morgan fingerprint density at radius 2 is 1.33 bits per heavy atom. The molecule has 18 heavy (non-hydrogen) atoms. The third-order valence-electron chi connectivity index (χ3n) is 3.43. The van der Waals surface area contributed by atoms with Crippen molar-refractivity contribution in [3.8, 4) is 0 Å². The second-order valence-corrected chi connectivity index (χ2v) is 5.09. The average molecular weight is 247 g/mol. The highest BCUT2D eigenvalue weighted by molar-refractivity contribution is 5.45. The van der Waals surface area contributed by atoms with E-state index in [1.54, 1.807) is 0 Å². The first kappa shape index (κ1) is 15.1. The molecule has 0 heterocycles. The van der Waals surface area contributed by atoms with Crippen molar-refractivity contribution in [2.45, 2.75) is 58.8 Å². The highest BCUT2D eigenvalue weighted by atomic mass is 15.1. The Morgan fingerprint density at radius 1 is 0.722 bits per heavy atom. The van der Waals surface area contributed by atoms with E-state index in [9.17, 15) is 0 Å². The van der Waals surface area contributed by atoms with Gasteiger partial charge < -0.3 is 4.90 Å². The van der Waals surface area contributed by atoms with Gasteiger partial charge in [-0.05, 0) is 25.0 Å². The lowest BCUT2D eigenvalue weighted by atomic mass is 10.1. The van der Waals surface area contributed by atoms with Crippen molar-refractivity contribution in [1.29, 1.82) is 0 Å². The van der Waals surface area contributed by atoms with E-state index in [0.717, 1.165) is 0 Å². The van der Waals surface area contributed by atoms with Crippen molar-refractivity contribution < 1.29 is 0 Å². The zero-order chi connectivity index (χ0) is 13.1. The standard InChI is InChI=1S/C17H29N/c1-3-5-7-8-12-16-18(15-6-4-2)17-13-10-9-11-14-17/h9-11,13-14H,3-8,12,15-16H2,1-2H3. The molecule has 1 aromatic rings. The fourth-order valence-electron chi connectivity index (χ4n) is 2.26. The summed E-state index contributed by atoms with van der Waals surface area (Å²) >= 11 is 0. The van der Waals surface area contributed by atoms with Gasteiger partial charge in [-0.1, -0.05) is 64.2 Å². The van der Waals surface area contributed by atoms with Crippen LogP contribution in [0.1, 0.15) is 58.8 Å². The van der Waals surface area contributed by atoms with Gasteiger partial charge in [0.05, 0.1) is 0 Å². The van der Waals surface area contributed by atoms with Crippen LogP contribution in [0.15, 0.2) is 30.3 Å². The maximum atomic E-state index is 2.55. The van der Waals surface area contributed by atoms with Gasteiger partial charge >= 0.3 is 0 Å². The van der Waals surface area contributed by atoms with Crippen molar-refractivity contribution in [1.82, 2.24) is 0 Å². The van der Waals surface area contributed by atoms with E-state index >= 15 is 0 Å². The third-order valence-corrected chi connectivity index (χ3v) is 3.43.